The van der Waals surface area contributed by atoms with Gasteiger partial charge in [-0.25, -0.2) is 9.69 Å². The molecule has 37 heavy (non-hydrogen) atoms. The first-order valence-corrected chi connectivity index (χ1v) is 13.2. The van der Waals surface area contributed by atoms with Crippen LogP contribution in [0.25, 0.3) is 6.08 Å². The number of hydrogen-bond acceptors (Lipinski definition) is 5. The SMILES string of the molecule is CCOc1cc(/C=C2/C(=O)NC(=O)N(c3ccc(Br)c(C)c3)C2=O)cc(Cl)c1OCc1ccccc1Br. The van der Waals surface area contributed by atoms with E-state index in [1.54, 1.807) is 30.3 Å². The van der Waals surface area contributed by atoms with Gasteiger partial charge in [-0.3, -0.25) is 14.9 Å². The van der Waals surface area contributed by atoms with E-state index in [1.165, 1.54) is 6.08 Å². The molecule has 1 saturated heterocycles. The molecule has 3 aromatic carbocycles. The number of benzene rings is 3. The minimum atomic E-state index is -0.822. The van der Waals surface area contributed by atoms with E-state index in [0.29, 0.717) is 29.4 Å². The smallest absolute Gasteiger partial charge is 0.335 e. The second-order valence-electron chi connectivity index (χ2n) is 8.03. The van der Waals surface area contributed by atoms with Gasteiger partial charge in [0.05, 0.1) is 17.3 Å². The van der Waals surface area contributed by atoms with Crippen molar-refractivity contribution >= 4 is 73.1 Å². The Labute approximate surface area is 235 Å². The number of carbonyl (C=O) groups excluding carboxylic acids is 3. The molecule has 3 aromatic rings. The Hall–Kier alpha value is -3.14. The van der Waals surface area contributed by atoms with Crippen LogP contribution in [-0.2, 0) is 16.2 Å². The number of nitrogens with zero attached hydrogens (tertiary/aromatic N) is 1. The first-order chi connectivity index (χ1) is 17.7. The number of hydrogen-bond donors (Lipinski definition) is 1. The van der Waals surface area contributed by atoms with Crippen molar-refractivity contribution in [2.24, 2.45) is 0 Å². The highest BCUT2D eigenvalue weighted by molar-refractivity contribution is 9.10. The largest absolute Gasteiger partial charge is 0.490 e. The molecule has 1 aliphatic heterocycles. The summed E-state index contributed by atoms with van der Waals surface area (Å²) < 4.78 is 13.4. The molecule has 7 nitrogen and oxygen atoms in total. The number of rotatable bonds is 7. The number of carbonyl (C=O) groups is 3. The van der Waals surface area contributed by atoms with E-state index in [9.17, 15) is 14.4 Å². The zero-order valence-electron chi connectivity index (χ0n) is 19.8. The summed E-state index contributed by atoms with van der Waals surface area (Å²) in [6.07, 6.45) is 1.37. The summed E-state index contributed by atoms with van der Waals surface area (Å²) in [6.45, 7) is 4.23. The van der Waals surface area contributed by atoms with Gasteiger partial charge in [-0.15, -0.1) is 0 Å². The van der Waals surface area contributed by atoms with E-state index in [4.69, 9.17) is 21.1 Å². The number of halogens is 3. The summed E-state index contributed by atoms with van der Waals surface area (Å²) in [6, 6.07) is 15.0. The van der Waals surface area contributed by atoms with Gasteiger partial charge in [0.15, 0.2) is 11.5 Å². The van der Waals surface area contributed by atoms with Gasteiger partial charge in [0, 0.05) is 14.5 Å². The third-order valence-electron chi connectivity index (χ3n) is 5.47. The molecule has 1 N–H and O–H groups in total. The Balaban J connectivity index is 1.67. The Bertz CT molecular complexity index is 1440. The maximum atomic E-state index is 13.3. The van der Waals surface area contributed by atoms with Crippen LogP contribution in [0.4, 0.5) is 10.5 Å². The fourth-order valence-electron chi connectivity index (χ4n) is 3.67. The Morgan fingerprint density at radius 1 is 1.00 bits per heavy atom. The van der Waals surface area contributed by atoms with Gasteiger partial charge in [0.25, 0.3) is 11.8 Å². The van der Waals surface area contributed by atoms with Gasteiger partial charge in [-0.2, -0.15) is 0 Å². The van der Waals surface area contributed by atoms with Crippen molar-refractivity contribution in [3.63, 3.8) is 0 Å². The van der Waals surface area contributed by atoms with E-state index < -0.39 is 17.8 Å². The average Bonchev–Trinajstić information content (AvgIpc) is 2.84. The molecule has 1 fully saturated rings. The highest BCUT2D eigenvalue weighted by Gasteiger charge is 2.37. The molecule has 0 aliphatic carbocycles. The number of urea groups is 1. The normalized spacial score (nSPS) is 14.7. The van der Waals surface area contributed by atoms with Gasteiger partial charge in [-0.05, 0) is 67.4 Å². The first kappa shape index (κ1) is 26.9. The number of nitrogens with one attached hydrogen (secondary N) is 1. The molecule has 1 aliphatic rings. The molecule has 0 bridgehead atoms. The molecule has 0 unspecified atom stereocenters. The lowest BCUT2D eigenvalue weighted by Gasteiger charge is -2.26. The van der Waals surface area contributed by atoms with E-state index in [1.807, 2.05) is 38.1 Å². The number of imide groups is 2. The monoisotopic (exact) mass is 646 g/mol. The van der Waals surface area contributed by atoms with Gasteiger partial charge in [0.1, 0.15) is 12.2 Å². The zero-order valence-corrected chi connectivity index (χ0v) is 23.7. The number of barbiturate groups is 1. The van der Waals surface area contributed by atoms with Gasteiger partial charge in [-0.1, -0.05) is 61.7 Å². The molecule has 1 heterocycles. The van der Waals surface area contributed by atoms with Crippen molar-refractivity contribution < 1.29 is 23.9 Å². The van der Waals surface area contributed by atoms with Crippen molar-refractivity contribution in [2.75, 3.05) is 11.5 Å². The van der Waals surface area contributed by atoms with Crippen LogP contribution in [0.15, 0.2) is 69.1 Å². The highest BCUT2D eigenvalue weighted by atomic mass is 79.9. The van der Waals surface area contributed by atoms with E-state index in [0.717, 1.165) is 25.0 Å². The van der Waals surface area contributed by atoms with Crippen LogP contribution in [-0.4, -0.2) is 24.5 Å². The van der Waals surface area contributed by atoms with Gasteiger partial charge in [0.2, 0.25) is 0 Å². The van der Waals surface area contributed by atoms with Crippen molar-refractivity contribution in [1.29, 1.82) is 0 Å². The Morgan fingerprint density at radius 3 is 2.46 bits per heavy atom. The molecule has 0 atom stereocenters. The number of amides is 4. The zero-order chi connectivity index (χ0) is 26.7. The van der Waals surface area contributed by atoms with E-state index in [-0.39, 0.29) is 17.2 Å². The topological polar surface area (TPSA) is 84.9 Å². The maximum Gasteiger partial charge on any atom is 0.335 e. The van der Waals surface area contributed by atoms with Crippen LogP contribution >= 0.6 is 43.5 Å². The van der Waals surface area contributed by atoms with Crippen LogP contribution in [0.1, 0.15) is 23.6 Å². The fourth-order valence-corrected chi connectivity index (χ4v) is 4.59. The third-order valence-corrected chi connectivity index (χ3v) is 7.42. The summed E-state index contributed by atoms with van der Waals surface area (Å²) in [4.78, 5) is 39.4. The summed E-state index contributed by atoms with van der Waals surface area (Å²) in [7, 11) is 0. The molecule has 0 aromatic heterocycles. The lowest BCUT2D eigenvalue weighted by atomic mass is 10.1. The van der Waals surface area contributed by atoms with Crippen LogP contribution in [0.5, 0.6) is 11.5 Å². The van der Waals surface area contributed by atoms with E-state index >= 15 is 0 Å². The number of anilines is 1. The maximum absolute atomic E-state index is 13.3. The molecular formula is C27H21Br2ClN2O5. The predicted octanol–water partition coefficient (Wildman–Crippen LogP) is 6.82. The summed E-state index contributed by atoms with van der Waals surface area (Å²) in [5, 5.41) is 2.47. The molecule has 190 valence electrons. The predicted molar refractivity (Wildman–Crippen MR) is 149 cm³/mol. The van der Waals surface area contributed by atoms with Crippen molar-refractivity contribution in [2.45, 2.75) is 20.5 Å². The van der Waals surface area contributed by atoms with Crippen LogP contribution in [0, 0.1) is 6.92 Å². The third kappa shape index (κ3) is 5.89. The molecule has 0 spiro atoms. The molecular weight excluding hydrogens is 628 g/mol. The number of aryl methyl sites for hydroxylation is 1. The van der Waals surface area contributed by atoms with Crippen LogP contribution in [0.3, 0.4) is 0 Å². The van der Waals surface area contributed by atoms with Gasteiger partial charge < -0.3 is 9.47 Å². The Kier molecular flexibility index (Phi) is 8.36. The first-order valence-electron chi connectivity index (χ1n) is 11.2. The fraction of sp³-hybridized carbons (Fsp3) is 0.148. The van der Waals surface area contributed by atoms with Crippen molar-refractivity contribution in [3.8, 4) is 11.5 Å². The van der Waals surface area contributed by atoms with Crippen LogP contribution in [0.2, 0.25) is 5.02 Å². The molecule has 4 rings (SSSR count). The highest BCUT2D eigenvalue weighted by Crippen LogP contribution is 2.38. The summed E-state index contributed by atoms with van der Waals surface area (Å²) in [5.74, 6) is -0.862. The second-order valence-corrected chi connectivity index (χ2v) is 10.2. The molecule has 0 saturated carbocycles. The van der Waals surface area contributed by atoms with Crippen molar-refractivity contribution in [1.82, 2.24) is 5.32 Å². The minimum Gasteiger partial charge on any atom is -0.490 e. The summed E-state index contributed by atoms with van der Waals surface area (Å²) in [5.41, 5.74) is 2.30. The molecule has 4 amide bonds. The van der Waals surface area contributed by atoms with Crippen LogP contribution < -0.4 is 19.7 Å². The lowest BCUT2D eigenvalue weighted by molar-refractivity contribution is -0.122. The lowest BCUT2D eigenvalue weighted by Crippen LogP contribution is -2.54. The average molecular weight is 649 g/mol. The van der Waals surface area contributed by atoms with E-state index in [2.05, 4.69) is 37.2 Å². The quantitative estimate of drug-likeness (QED) is 0.225. The standard InChI is InChI=1S/C27H21Br2ClN2O5/c1-3-36-23-13-16(12-22(30)24(23)37-14-17-6-4-5-7-21(17)29)11-19-25(33)31-27(35)32(26(19)34)18-8-9-20(28)15(2)10-18/h4-13H,3,14H2,1-2H3,(H,31,33,35)/b19-11-. The summed E-state index contributed by atoms with van der Waals surface area (Å²) >= 11 is 13.4. The molecule has 0 radical (unpaired) electrons. The molecule has 10 heteroatoms. The second kappa shape index (κ2) is 11.5. The Morgan fingerprint density at radius 2 is 1.76 bits per heavy atom. The van der Waals surface area contributed by atoms with Gasteiger partial charge >= 0.3 is 6.03 Å². The number of ether oxygens (including phenoxy) is 2. The minimum absolute atomic E-state index is 0.222. The van der Waals surface area contributed by atoms with Crippen molar-refractivity contribution in [3.05, 3.63) is 90.8 Å².